The summed E-state index contributed by atoms with van der Waals surface area (Å²) < 4.78 is 18.8. The van der Waals surface area contributed by atoms with Gasteiger partial charge in [0.05, 0.1) is 24.5 Å². The number of ether oxygens (including phenoxy) is 1. The largest absolute Gasteiger partial charge is 0.379 e. The molecule has 3 rings (SSSR count). The van der Waals surface area contributed by atoms with Crippen molar-refractivity contribution in [2.24, 2.45) is 5.92 Å². The van der Waals surface area contributed by atoms with Gasteiger partial charge in [-0.25, -0.2) is 4.39 Å². The predicted octanol–water partition coefficient (Wildman–Crippen LogP) is 1.58. The SMILES string of the molecule is CC(=O)Nc1cc(F)ccc1C(=O)N1CCC(CN2CCOCC2)C1. The molecule has 2 heterocycles. The van der Waals surface area contributed by atoms with Crippen molar-refractivity contribution in [3.8, 4) is 0 Å². The second-order valence-corrected chi connectivity index (χ2v) is 6.69. The number of morpholine rings is 1. The Morgan fingerprint density at radius 2 is 2.04 bits per heavy atom. The van der Waals surface area contributed by atoms with Crippen molar-refractivity contribution in [2.45, 2.75) is 13.3 Å². The number of carbonyl (C=O) groups is 2. The lowest BCUT2D eigenvalue weighted by atomic mass is 10.1. The van der Waals surface area contributed by atoms with E-state index in [1.807, 2.05) is 0 Å². The summed E-state index contributed by atoms with van der Waals surface area (Å²) in [5.41, 5.74) is 0.567. The number of amides is 2. The van der Waals surface area contributed by atoms with Crippen LogP contribution in [-0.2, 0) is 9.53 Å². The first-order valence-electron chi connectivity index (χ1n) is 8.69. The fourth-order valence-corrected chi connectivity index (χ4v) is 3.48. The Labute approximate surface area is 146 Å². The Morgan fingerprint density at radius 1 is 1.28 bits per heavy atom. The number of anilines is 1. The van der Waals surface area contributed by atoms with Crippen molar-refractivity contribution in [2.75, 3.05) is 51.3 Å². The van der Waals surface area contributed by atoms with Crippen molar-refractivity contribution in [1.29, 1.82) is 0 Å². The van der Waals surface area contributed by atoms with Crippen molar-refractivity contribution < 1.29 is 18.7 Å². The average Bonchev–Trinajstić information content (AvgIpc) is 3.03. The van der Waals surface area contributed by atoms with Gasteiger partial charge in [0, 0.05) is 39.6 Å². The van der Waals surface area contributed by atoms with E-state index in [0.29, 0.717) is 24.6 Å². The van der Waals surface area contributed by atoms with Gasteiger partial charge in [0.15, 0.2) is 0 Å². The van der Waals surface area contributed by atoms with E-state index >= 15 is 0 Å². The molecule has 1 aromatic carbocycles. The van der Waals surface area contributed by atoms with E-state index in [9.17, 15) is 14.0 Å². The third-order valence-electron chi connectivity index (χ3n) is 4.72. The Morgan fingerprint density at radius 3 is 2.76 bits per heavy atom. The number of benzene rings is 1. The molecule has 2 saturated heterocycles. The second-order valence-electron chi connectivity index (χ2n) is 6.69. The van der Waals surface area contributed by atoms with Crippen LogP contribution in [0.1, 0.15) is 23.7 Å². The molecule has 0 aromatic heterocycles. The monoisotopic (exact) mass is 349 g/mol. The average molecular weight is 349 g/mol. The van der Waals surface area contributed by atoms with Crippen molar-refractivity contribution in [3.05, 3.63) is 29.6 Å². The van der Waals surface area contributed by atoms with Gasteiger partial charge in [-0.3, -0.25) is 14.5 Å². The molecule has 7 heteroatoms. The van der Waals surface area contributed by atoms with Crippen LogP contribution in [0.5, 0.6) is 0 Å². The Bertz CT molecular complexity index is 646. The van der Waals surface area contributed by atoms with Gasteiger partial charge in [0.25, 0.3) is 5.91 Å². The molecule has 136 valence electrons. The summed E-state index contributed by atoms with van der Waals surface area (Å²) in [6, 6.07) is 3.88. The Kier molecular flexibility index (Phi) is 5.65. The molecule has 6 nitrogen and oxygen atoms in total. The minimum atomic E-state index is -0.480. The van der Waals surface area contributed by atoms with Gasteiger partial charge < -0.3 is 15.0 Å². The molecule has 0 radical (unpaired) electrons. The van der Waals surface area contributed by atoms with Gasteiger partial charge in [-0.05, 0) is 30.5 Å². The van der Waals surface area contributed by atoms with Crippen LogP contribution in [0.4, 0.5) is 10.1 Å². The topological polar surface area (TPSA) is 61.9 Å². The summed E-state index contributed by atoms with van der Waals surface area (Å²) >= 11 is 0. The van der Waals surface area contributed by atoms with Crippen molar-refractivity contribution >= 4 is 17.5 Å². The highest BCUT2D eigenvalue weighted by Crippen LogP contribution is 2.24. The molecule has 0 bridgehead atoms. The van der Waals surface area contributed by atoms with Crippen molar-refractivity contribution in [3.63, 3.8) is 0 Å². The van der Waals surface area contributed by atoms with E-state index in [4.69, 9.17) is 4.74 Å². The number of nitrogens with one attached hydrogen (secondary N) is 1. The zero-order valence-corrected chi connectivity index (χ0v) is 14.5. The number of hydrogen-bond donors (Lipinski definition) is 1. The van der Waals surface area contributed by atoms with Crippen LogP contribution in [0.3, 0.4) is 0 Å². The molecule has 2 amide bonds. The third-order valence-corrected chi connectivity index (χ3v) is 4.72. The summed E-state index contributed by atoms with van der Waals surface area (Å²) in [6.45, 7) is 7.10. The van der Waals surface area contributed by atoms with E-state index in [-0.39, 0.29) is 17.5 Å². The van der Waals surface area contributed by atoms with Crippen LogP contribution in [0, 0.1) is 11.7 Å². The van der Waals surface area contributed by atoms with Gasteiger partial charge in [-0.15, -0.1) is 0 Å². The van der Waals surface area contributed by atoms with Crippen LogP contribution in [-0.4, -0.2) is 67.6 Å². The predicted molar refractivity (Wildman–Crippen MR) is 92.0 cm³/mol. The summed E-state index contributed by atoms with van der Waals surface area (Å²) in [4.78, 5) is 28.3. The van der Waals surface area contributed by atoms with Gasteiger partial charge in [0.2, 0.25) is 5.91 Å². The molecule has 1 unspecified atom stereocenters. The first-order valence-corrected chi connectivity index (χ1v) is 8.69. The maximum Gasteiger partial charge on any atom is 0.255 e. The van der Waals surface area contributed by atoms with Crippen LogP contribution in [0.15, 0.2) is 18.2 Å². The summed E-state index contributed by atoms with van der Waals surface area (Å²) in [6.07, 6.45) is 0.958. The first kappa shape index (κ1) is 17.8. The fourth-order valence-electron chi connectivity index (χ4n) is 3.48. The van der Waals surface area contributed by atoms with Gasteiger partial charge in [-0.2, -0.15) is 0 Å². The van der Waals surface area contributed by atoms with Gasteiger partial charge in [0.1, 0.15) is 5.82 Å². The van der Waals surface area contributed by atoms with Crippen LogP contribution < -0.4 is 5.32 Å². The fraction of sp³-hybridized carbons (Fsp3) is 0.556. The molecule has 2 aliphatic rings. The lowest BCUT2D eigenvalue weighted by molar-refractivity contribution is -0.114. The lowest BCUT2D eigenvalue weighted by Crippen LogP contribution is -2.40. The molecule has 0 saturated carbocycles. The van der Waals surface area contributed by atoms with E-state index in [2.05, 4.69) is 10.2 Å². The smallest absolute Gasteiger partial charge is 0.255 e. The highest BCUT2D eigenvalue weighted by atomic mass is 19.1. The van der Waals surface area contributed by atoms with Crippen LogP contribution in [0.25, 0.3) is 0 Å². The standard InChI is InChI=1S/C18H24FN3O3/c1-13(23)20-17-10-15(19)2-3-16(17)18(24)22-5-4-14(12-22)11-21-6-8-25-9-7-21/h2-3,10,14H,4-9,11-12H2,1H3,(H,20,23). The number of halogens is 1. The summed E-state index contributed by atoms with van der Waals surface area (Å²) in [7, 11) is 0. The van der Waals surface area contributed by atoms with Gasteiger partial charge in [-0.1, -0.05) is 0 Å². The quantitative estimate of drug-likeness (QED) is 0.897. The number of rotatable bonds is 4. The van der Waals surface area contributed by atoms with E-state index in [0.717, 1.165) is 39.3 Å². The van der Waals surface area contributed by atoms with E-state index in [1.54, 1.807) is 4.90 Å². The second kappa shape index (κ2) is 7.93. The molecule has 1 atom stereocenters. The number of carbonyl (C=O) groups excluding carboxylic acids is 2. The molecule has 1 aromatic rings. The third kappa shape index (κ3) is 4.55. The maximum absolute atomic E-state index is 13.5. The van der Waals surface area contributed by atoms with Crippen molar-refractivity contribution in [1.82, 2.24) is 9.80 Å². The van der Waals surface area contributed by atoms with Crippen LogP contribution >= 0.6 is 0 Å². The molecular weight excluding hydrogens is 325 g/mol. The van der Waals surface area contributed by atoms with Gasteiger partial charge >= 0.3 is 0 Å². The highest BCUT2D eigenvalue weighted by molar-refractivity contribution is 6.03. The van der Waals surface area contributed by atoms with Crippen LogP contribution in [0.2, 0.25) is 0 Å². The Balaban J connectivity index is 1.64. The summed E-state index contributed by atoms with van der Waals surface area (Å²) in [5.74, 6) is -0.530. The molecule has 25 heavy (non-hydrogen) atoms. The lowest BCUT2D eigenvalue weighted by Gasteiger charge is -2.29. The molecule has 2 aliphatic heterocycles. The van der Waals surface area contributed by atoms with E-state index in [1.165, 1.54) is 25.1 Å². The molecular formula is C18H24FN3O3. The molecule has 1 N–H and O–H groups in total. The number of likely N-dealkylation sites (tertiary alicyclic amines) is 1. The first-order chi connectivity index (χ1) is 12.0. The highest BCUT2D eigenvalue weighted by Gasteiger charge is 2.29. The van der Waals surface area contributed by atoms with E-state index < -0.39 is 5.82 Å². The zero-order valence-electron chi connectivity index (χ0n) is 14.5. The number of hydrogen-bond acceptors (Lipinski definition) is 4. The zero-order chi connectivity index (χ0) is 17.8. The molecule has 0 aliphatic carbocycles. The molecule has 0 spiro atoms. The molecule has 2 fully saturated rings. The minimum absolute atomic E-state index is 0.159. The maximum atomic E-state index is 13.5. The normalized spacial score (nSPS) is 21.4. The Hall–Kier alpha value is -1.99. The summed E-state index contributed by atoms with van der Waals surface area (Å²) in [5, 5.41) is 2.55. The number of nitrogens with zero attached hydrogens (tertiary/aromatic N) is 2. The minimum Gasteiger partial charge on any atom is -0.379 e.